The van der Waals surface area contributed by atoms with Crippen LogP contribution in [0.4, 0.5) is 0 Å². The van der Waals surface area contributed by atoms with Crippen molar-refractivity contribution in [3.63, 3.8) is 0 Å². The molecule has 0 radical (unpaired) electrons. The summed E-state index contributed by atoms with van der Waals surface area (Å²) in [6.45, 7) is 14.4. The van der Waals surface area contributed by atoms with Gasteiger partial charge < -0.3 is 10.2 Å². The van der Waals surface area contributed by atoms with Gasteiger partial charge in [-0.25, -0.2) is 0 Å². The number of hydrogen-bond acceptors (Lipinski definition) is 2. The standard InChI is InChI=1S/C17H36N2/c1-5-17(18-6-2)10-8-13-19-12-7-9-16(11-14-19)15(3)4/h15-18H,5-14H2,1-4H3. The van der Waals surface area contributed by atoms with Gasteiger partial charge in [-0.15, -0.1) is 0 Å². The lowest BCUT2D eigenvalue weighted by Gasteiger charge is -2.22. The van der Waals surface area contributed by atoms with Gasteiger partial charge in [0.05, 0.1) is 0 Å². The highest BCUT2D eigenvalue weighted by Crippen LogP contribution is 2.24. The van der Waals surface area contributed by atoms with E-state index in [2.05, 4.69) is 37.9 Å². The summed E-state index contributed by atoms with van der Waals surface area (Å²) in [7, 11) is 0. The lowest BCUT2D eigenvalue weighted by molar-refractivity contribution is 0.261. The largest absolute Gasteiger partial charge is 0.314 e. The van der Waals surface area contributed by atoms with Crippen LogP contribution >= 0.6 is 0 Å². The van der Waals surface area contributed by atoms with Gasteiger partial charge in [0.25, 0.3) is 0 Å². The molecule has 1 aliphatic heterocycles. The van der Waals surface area contributed by atoms with Crippen molar-refractivity contribution in [2.75, 3.05) is 26.2 Å². The van der Waals surface area contributed by atoms with E-state index in [1.807, 2.05) is 0 Å². The molecule has 0 aromatic carbocycles. The quantitative estimate of drug-likeness (QED) is 0.718. The molecule has 0 bridgehead atoms. The highest BCUT2D eigenvalue weighted by atomic mass is 15.1. The summed E-state index contributed by atoms with van der Waals surface area (Å²) in [6, 6.07) is 0.736. The molecule has 1 N–H and O–H groups in total. The van der Waals surface area contributed by atoms with Crippen LogP contribution in [0.3, 0.4) is 0 Å². The molecule has 19 heavy (non-hydrogen) atoms. The molecule has 1 aliphatic rings. The van der Waals surface area contributed by atoms with E-state index in [-0.39, 0.29) is 0 Å². The maximum absolute atomic E-state index is 3.59. The van der Waals surface area contributed by atoms with Crippen molar-refractivity contribution in [3.05, 3.63) is 0 Å². The Bertz CT molecular complexity index is 215. The molecule has 1 fully saturated rings. The third-order valence-corrected chi connectivity index (χ3v) is 4.82. The molecule has 0 spiro atoms. The molecule has 1 rings (SSSR count). The van der Waals surface area contributed by atoms with Gasteiger partial charge >= 0.3 is 0 Å². The molecule has 0 saturated carbocycles. The molecule has 1 heterocycles. The van der Waals surface area contributed by atoms with Crippen LogP contribution in [-0.2, 0) is 0 Å². The first-order valence-electron chi connectivity index (χ1n) is 8.63. The van der Waals surface area contributed by atoms with Crippen molar-refractivity contribution < 1.29 is 0 Å². The zero-order chi connectivity index (χ0) is 14.1. The van der Waals surface area contributed by atoms with Gasteiger partial charge in [-0.3, -0.25) is 0 Å². The lowest BCUT2D eigenvalue weighted by atomic mass is 9.89. The van der Waals surface area contributed by atoms with E-state index in [0.717, 1.165) is 24.4 Å². The number of likely N-dealkylation sites (tertiary alicyclic amines) is 1. The first-order valence-corrected chi connectivity index (χ1v) is 8.63. The van der Waals surface area contributed by atoms with Gasteiger partial charge in [0.1, 0.15) is 0 Å². The van der Waals surface area contributed by atoms with Crippen LogP contribution in [0.5, 0.6) is 0 Å². The maximum Gasteiger partial charge on any atom is 0.00647 e. The number of nitrogens with one attached hydrogen (secondary N) is 1. The molecule has 0 amide bonds. The maximum atomic E-state index is 3.59. The predicted octanol–water partition coefficient (Wildman–Crippen LogP) is 3.91. The van der Waals surface area contributed by atoms with E-state index in [9.17, 15) is 0 Å². The van der Waals surface area contributed by atoms with Crippen LogP contribution in [-0.4, -0.2) is 37.1 Å². The van der Waals surface area contributed by atoms with Crippen molar-refractivity contribution in [2.45, 2.75) is 72.3 Å². The van der Waals surface area contributed by atoms with Gasteiger partial charge in [0, 0.05) is 6.04 Å². The van der Waals surface area contributed by atoms with Crippen LogP contribution in [0.1, 0.15) is 66.2 Å². The number of hydrogen-bond donors (Lipinski definition) is 1. The van der Waals surface area contributed by atoms with Crippen LogP contribution in [0.25, 0.3) is 0 Å². The molecular formula is C17H36N2. The van der Waals surface area contributed by atoms with Gasteiger partial charge in [-0.2, -0.15) is 0 Å². The number of rotatable bonds is 8. The Kier molecular flexibility index (Phi) is 8.72. The minimum Gasteiger partial charge on any atom is -0.314 e. The average Bonchev–Trinajstić information content (AvgIpc) is 2.63. The monoisotopic (exact) mass is 268 g/mol. The molecule has 2 nitrogen and oxygen atoms in total. The van der Waals surface area contributed by atoms with E-state index in [1.54, 1.807) is 0 Å². The van der Waals surface area contributed by atoms with Gasteiger partial charge in [-0.05, 0) is 76.5 Å². The highest BCUT2D eigenvalue weighted by molar-refractivity contribution is 4.73. The molecule has 1 saturated heterocycles. The molecule has 2 atom stereocenters. The van der Waals surface area contributed by atoms with E-state index >= 15 is 0 Å². The predicted molar refractivity (Wildman–Crippen MR) is 85.6 cm³/mol. The second kappa shape index (κ2) is 9.77. The van der Waals surface area contributed by atoms with Crippen LogP contribution in [0, 0.1) is 11.8 Å². The minimum atomic E-state index is 0.736. The fraction of sp³-hybridized carbons (Fsp3) is 1.00. The highest BCUT2D eigenvalue weighted by Gasteiger charge is 2.19. The summed E-state index contributed by atoms with van der Waals surface area (Å²) in [6.07, 6.45) is 8.24. The Balaban J connectivity index is 2.19. The van der Waals surface area contributed by atoms with E-state index in [0.29, 0.717) is 0 Å². The van der Waals surface area contributed by atoms with Gasteiger partial charge in [-0.1, -0.05) is 27.7 Å². The third kappa shape index (κ3) is 6.76. The lowest BCUT2D eigenvalue weighted by Crippen LogP contribution is -2.31. The Labute approximate surface area is 121 Å². The topological polar surface area (TPSA) is 15.3 Å². The zero-order valence-electron chi connectivity index (χ0n) is 13.8. The second-order valence-electron chi connectivity index (χ2n) is 6.58. The van der Waals surface area contributed by atoms with Crippen LogP contribution in [0.15, 0.2) is 0 Å². The third-order valence-electron chi connectivity index (χ3n) is 4.82. The fourth-order valence-corrected chi connectivity index (χ4v) is 3.37. The summed E-state index contributed by atoms with van der Waals surface area (Å²) < 4.78 is 0. The smallest absolute Gasteiger partial charge is 0.00647 e. The Morgan fingerprint density at radius 1 is 1.16 bits per heavy atom. The summed E-state index contributed by atoms with van der Waals surface area (Å²) in [5, 5.41) is 3.59. The van der Waals surface area contributed by atoms with Crippen molar-refractivity contribution >= 4 is 0 Å². The summed E-state index contributed by atoms with van der Waals surface area (Å²) >= 11 is 0. The van der Waals surface area contributed by atoms with Crippen molar-refractivity contribution in [1.82, 2.24) is 10.2 Å². The molecular weight excluding hydrogens is 232 g/mol. The first kappa shape index (κ1) is 17.0. The Morgan fingerprint density at radius 2 is 1.95 bits per heavy atom. The molecule has 114 valence electrons. The van der Waals surface area contributed by atoms with Crippen LogP contribution < -0.4 is 5.32 Å². The first-order chi connectivity index (χ1) is 9.17. The van der Waals surface area contributed by atoms with Crippen molar-refractivity contribution in [3.8, 4) is 0 Å². The van der Waals surface area contributed by atoms with Gasteiger partial charge in [0.2, 0.25) is 0 Å². The number of nitrogens with zero attached hydrogens (tertiary/aromatic N) is 1. The Hall–Kier alpha value is -0.0800. The second-order valence-corrected chi connectivity index (χ2v) is 6.58. The molecule has 2 heteroatoms. The summed E-state index contributed by atoms with van der Waals surface area (Å²) in [5.74, 6) is 1.84. The minimum absolute atomic E-state index is 0.736. The van der Waals surface area contributed by atoms with Gasteiger partial charge in [0.15, 0.2) is 0 Å². The van der Waals surface area contributed by atoms with Crippen LogP contribution in [0.2, 0.25) is 0 Å². The molecule has 0 aromatic heterocycles. The molecule has 0 aromatic rings. The van der Waals surface area contributed by atoms with E-state index in [4.69, 9.17) is 0 Å². The van der Waals surface area contributed by atoms with Crippen molar-refractivity contribution in [2.24, 2.45) is 11.8 Å². The van der Waals surface area contributed by atoms with E-state index < -0.39 is 0 Å². The molecule has 2 unspecified atom stereocenters. The average molecular weight is 268 g/mol. The van der Waals surface area contributed by atoms with E-state index in [1.165, 1.54) is 58.2 Å². The fourth-order valence-electron chi connectivity index (χ4n) is 3.37. The normalized spacial score (nSPS) is 23.5. The summed E-state index contributed by atoms with van der Waals surface area (Å²) in [5.41, 5.74) is 0. The SMILES string of the molecule is CCNC(CC)CCCN1CCCC(C(C)C)CC1. The molecule has 0 aliphatic carbocycles. The zero-order valence-corrected chi connectivity index (χ0v) is 13.8. The Morgan fingerprint density at radius 3 is 2.58 bits per heavy atom. The van der Waals surface area contributed by atoms with Crippen molar-refractivity contribution in [1.29, 1.82) is 0 Å². The summed E-state index contributed by atoms with van der Waals surface area (Å²) in [4.78, 5) is 2.71.